The zero-order valence-corrected chi connectivity index (χ0v) is 8.13. The molecule has 0 aliphatic carbocycles. The van der Waals surface area contributed by atoms with Crippen molar-refractivity contribution in [1.29, 1.82) is 0 Å². The van der Waals surface area contributed by atoms with Crippen LogP contribution in [0.4, 0.5) is 0 Å². The number of carbonyl (C=O) groups is 1. The summed E-state index contributed by atoms with van der Waals surface area (Å²) < 4.78 is 0.841. The molecule has 2 aromatic rings. The van der Waals surface area contributed by atoms with Crippen LogP contribution >= 0.6 is 15.9 Å². The summed E-state index contributed by atoms with van der Waals surface area (Å²) in [6.07, 6.45) is 1.53. The largest absolute Gasteiger partial charge is 0.366 e. The van der Waals surface area contributed by atoms with Crippen LogP contribution in [0.25, 0.3) is 11.0 Å². The van der Waals surface area contributed by atoms with Crippen LogP contribution in [0.15, 0.2) is 22.9 Å². The van der Waals surface area contributed by atoms with Crippen molar-refractivity contribution < 1.29 is 4.79 Å². The quantitative estimate of drug-likeness (QED) is 0.791. The van der Waals surface area contributed by atoms with Crippen LogP contribution < -0.4 is 5.73 Å². The van der Waals surface area contributed by atoms with E-state index in [9.17, 15) is 4.79 Å². The summed E-state index contributed by atoms with van der Waals surface area (Å²) in [5.74, 6) is -0.457. The fourth-order valence-electron chi connectivity index (χ4n) is 1.20. The highest BCUT2D eigenvalue weighted by molar-refractivity contribution is 9.10. The fourth-order valence-corrected chi connectivity index (χ4v) is 1.64. The maximum Gasteiger partial charge on any atom is 0.250 e. The summed E-state index contributed by atoms with van der Waals surface area (Å²) in [4.78, 5) is 17.9. The molecule has 0 saturated carbocycles. The summed E-state index contributed by atoms with van der Waals surface area (Å²) in [7, 11) is 0. The normalized spacial score (nSPS) is 10.5. The van der Waals surface area contributed by atoms with Gasteiger partial charge in [0, 0.05) is 4.47 Å². The summed E-state index contributed by atoms with van der Waals surface area (Å²) in [6, 6.07) is 3.41. The Labute approximate surface area is 82.3 Å². The molecule has 0 aliphatic rings. The Balaban J connectivity index is 2.86. The Morgan fingerprint density at radius 2 is 2.31 bits per heavy atom. The number of halogens is 1. The maximum atomic E-state index is 11.0. The molecule has 2 rings (SSSR count). The number of primary amides is 1. The topological polar surface area (TPSA) is 71.8 Å². The Morgan fingerprint density at radius 1 is 1.54 bits per heavy atom. The van der Waals surface area contributed by atoms with Crippen molar-refractivity contribution in [2.24, 2.45) is 5.73 Å². The number of benzene rings is 1. The Kier molecular flexibility index (Phi) is 1.81. The molecule has 1 heterocycles. The van der Waals surface area contributed by atoms with Gasteiger partial charge in [-0.2, -0.15) is 0 Å². The van der Waals surface area contributed by atoms with E-state index in [-0.39, 0.29) is 0 Å². The van der Waals surface area contributed by atoms with Gasteiger partial charge in [-0.25, -0.2) is 4.98 Å². The van der Waals surface area contributed by atoms with Crippen LogP contribution in [0, 0.1) is 0 Å². The van der Waals surface area contributed by atoms with Gasteiger partial charge < -0.3 is 10.7 Å². The van der Waals surface area contributed by atoms with Gasteiger partial charge in [0.15, 0.2) is 0 Å². The highest BCUT2D eigenvalue weighted by atomic mass is 79.9. The standard InChI is InChI=1S/C8H6BrN3O/c9-5-2-1-4(8(10)13)6-7(5)12-3-11-6/h1-3H,(H2,10,13)(H,11,12). The van der Waals surface area contributed by atoms with Crippen LogP contribution in [-0.4, -0.2) is 15.9 Å². The highest BCUT2D eigenvalue weighted by Gasteiger charge is 2.09. The number of amides is 1. The van der Waals surface area contributed by atoms with E-state index in [1.165, 1.54) is 6.33 Å². The van der Waals surface area contributed by atoms with Crippen molar-refractivity contribution >= 4 is 32.9 Å². The molecule has 0 atom stereocenters. The molecule has 0 spiro atoms. The van der Waals surface area contributed by atoms with Crippen LogP contribution in [0.1, 0.15) is 10.4 Å². The van der Waals surface area contributed by atoms with E-state index in [4.69, 9.17) is 5.73 Å². The van der Waals surface area contributed by atoms with Gasteiger partial charge in [0.2, 0.25) is 0 Å². The third-order valence-electron chi connectivity index (χ3n) is 1.80. The van der Waals surface area contributed by atoms with Gasteiger partial charge in [-0.15, -0.1) is 0 Å². The lowest BCUT2D eigenvalue weighted by atomic mass is 10.2. The molecule has 0 fully saturated rings. The first-order chi connectivity index (χ1) is 6.20. The SMILES string of the molecule is NC(=O)c1ccc(Br)c2nc[nH]c12. The molecule has 0 saturated heterocycles. The van der Waals surface area contributed by atoms with E-state index in [1.807, 2.05) is 0 Å². The van der Waals surface area contributed by atoms with Gasteiger partial charge in [-0.3, -0.25) is 4.79 Å². The smallest absolute Gasteiger partial charge is 0.250 e. The van der Waals surface area contributed by atoms with Gasteiger partial charge in [-0.05, 0) is 28.1 Å². The van der Waals surface area contributed by atoms with E-state index in [0.29, 0.717) is 11.1 Å². The second-order valence-corrected chi connectivity index (χ2v) is 3.44. The first-order valence-corrected chi connectivity index (χ1v) is 4.41. The molecular weight excluding hydrogens is 234 g/mol. The van der Waals surface area contributed by atoms with Gasteiger partial charge in [0.05, 0.1) is 17.4 Å². The molecule has 3 N–H and O–H groups in total. The number of carbonyl (C=O) groups excluding carboxylic acids is 1. The molecule has 0 aliphatic heterocycles. The van der Waals surface area contributed by atoms with Crippen molar-refractivity contribution in [2.45, 2.75) is 0 Å². The molecule has 0 unspecified atom stereocenters. The average Bonchev–Trinajstić information content (AvgIpc) is 2.53. The van der Waals surface area contributed by atoms with Crippen LogP contribution in [0.3, 0.4) is 0 Å². The number of aromatic amines is 1. The number of nitrogens with one attached hydrogen (secondary N) is 1. The molecule has 0 radical (unpaired) electrons. The lowest BCUT2D eigenvalue weighted by molar-refractivity contribution is 0.100. The number of nitrogens with zero attached hydrogens (tertiary/aromatic N) is 1. The summed E-state index contributed by atoms with van der Waals surface area (Å²) in [5.41, 5.74) is 7.03. The first kappa shape index (κ1) is 8.25. The van der Waals surface area contributed by atoms with Gasteiger partial charge in [0.25, 0.3) is 5.91 Å². The summed E-state index contributed by atoms with van der Waals surface area (Å²) in [6.45, 7) is 0. The minimum Gasteiger partial charge on any atom is -0.366 e. The average molecular weight is 240 g/mol. The molecule has 1 amide bonds. The number of nitrogens with two attached hydrogens (primary N) is 1. The Morgan fingerprint density at radius 3 is 3.00 bits per heavy atom. The van der Waals surface area contributed by atoms with Gasteiger partial charge >= 0.3 is 0 Å². The van der Waals surface area contributed by atoms with E-state index < -0.39 is 5.91 Å². The number of rotatable bonds is 1. The minimum atomic E-state index is -0.457. The molecule has 0 bridgehead atoms. The number of fused-ring (bicyclic) bond motifs is 1. The van der Waals surface area contributed by atoms with Crippen molar-refractivity contribution in [3.63, 3.8) is 0 Å². The summed E-state index contributed by atoms with van der Waals surface area (Å²) >= 11 is 3.32. The van der Waals surface area contributed by atoms with Crippen LogP contribution in [0.2, 0.25) is 0 Å². The van der Waals surface area contributed by atoms with Crippen LogP contribution in [-0.2, 0) is 0 Å². The molecular formula is C8H6BrN3O. The lowest BCUT2D eigenvalue weighted by Gasteiger charge is -1.98. The van der Waals surface area contributed by atoms with E-state index in [0.717, 1.165) is 9.99 Å². The van der Waals surface area contributed by atoms with E-state index in [1.54, 1.807) is 12.1 Å². The number of H-pyrrole nitrogens is 1. The molecule has 13 heavy (non-hydrogen) atoms. The number of imidazole rings is 1. The molecule has 1 aromatic carbocycles. The monoisotopic (exact) mass is 239 g/mol. The Hall–Kier alpha value is -1.36. The lowest BCUT2D eigenvalue weighted by Crippen LogP contribution is -2.11. The number of hydrogen-bond donors (Lipinski definition) is 2. The predicted molar refractivity (Wildman–Crippen MR) is 52.3 cm³/mol. The van der Waals surface area contributed by atoms with Gasteiger partial charge in [0.1, 0.15) is 5.52 Å². The van der Waals surface area contributed by atoms with Crippen molar-refractivity contribution in [3.8, 4) is 0 Å². The molecule has 66 valence electrons. The summed E-state index contributed by atoms with van der Waals surface area (Å²) in [5, 5.41) is 0. The third-order valence-corrected chi connectivity index (χ3v) is 2.44. The zero-order valence-electron chi connectivity index (χ0n) is 6.54. The maximum absolute atomic E-state index is 11.0. The minimum absolute atomic E-state index is 0.454. The molecule has 4 nitrogen and oxygen atoms in total. The van der Waals surface area contributed by atoms with E-state index in [2.05, 4.69) is 25.9 Å². The Bertz CT molecular complexity index is 477. The van der Waals surface area contributed by atoms with Crippen molar-refractivity contribution in [3.05, 3.63) is 28.5 Å². The first-order valence-electron chi connectivity index (χ1n) is 3.61. The van der Waals surface area contributed by atoms with Gasteiger partial charge in [-0.1, -0.05) is 0 Å². The molecule has 1 aromatic heterocycles. The molecule has 5 heteroatoms. The van der Waals surface area contributed by atoms with Crippen LogP contribution in [0.5, 0.6) is 0 Å². The fraction of sp³-hybridized carbons (Fsp3) is 0. The van der Waals surface area contributed by atoms with Crippen molar-refractivity contribution in [2.75, 3.05) is 0 Å². The number of hydrogen-bond acceptors (Lipinski definition) is 2. The second-order valence-electron chi connectivity index (χ2n) is 2.59. The van der Waals surface area contributed by atoms with E-state index >= 15 is 0 Å². The zero-order chi connectivity index (χ0) is 9.42. The van der Waals surface area contributed by atoms with Crippen molar-refractivity contribution in [1.82, 2.24) is 9.97 Å². The highest BCUT2D eigenvalue weighted by Crippen LogP contribution is 2.23. The predicted octanol–water partition coefficient (Wildman–Crippen LogP) is 1.42. The number of aromatic nitrogens is 2. The second kappa shape index (κ2) is 2.85. The third kappa shape index (κ3) is 1.21.